The average Bonchev–Trinajstić information content (AvgIpc) is 2.73. The van der Waals surface area contributed by atoms with Gasteiger partial charge in [-0.2, -0.15) is 0 Å². The van der Waals surface area contributed by atoms with Gasteiger partial charge in [0.05, 0.1) is 17.9 Å². The van der Waals surface area contributed by atoms with Gasteiger partial charge in [0.15, 0.2) is 0 Å². The van der Waals surface area contributed by atoms with E-state index in [1.807, 2.05) is 10.9 Å². The molecule has 114 valence electrons. The summed E-state index contributed by atoms with van der Waals surface area (Å²) in [5.41, 5.74) is 7.84. The summed E-state index contributed by atoms with van der Waals surface area (Å²) in [4.78, 5) is 2.34. The Bertz CT molecular complexity index is 404. The first-order valence-electron chi connectivity index (χ1n) is 7.93. The first kappa shape index (κ1) is 15.4. The van der Waals surface area contributed by atoms with Crippen molar-refractivity contribution < 1.29 is 0 Å². The zero-order valence-corrected chi connectivity index (χ0v) is 13.2. The van der Waals surface area contributed by atoms with Crippen LogP contribution < -0.4 is 5.73 Å². The minimum absolute atomic E-state index is 0.0165. The summed E-state index contributed by atoms with van der Waals surface area (Å²) in [6.07, 6.45) is 10.4. The molecule has 1 aliphatic rings. The number of hydrogen-bond acceptors (Lipinski definition) is 4. The van der Waals surface area contributed by atoms with E-state index in [9.17, 15) is 0 Å². The Labute approximate surface area is 122 Å². The van der Waals surface area contributed by atoms with Gasteiger partial charge in [-0.15, -0.1) is 5.10 Å². The molecule has 1 heterocycles. The second-order valence-corrected chi connectivity index (χ2v) is 6.27. The van der Waals surface area contributed by atoms with E-state index in [2.05, 4.69) is 36.2 Å². The van der Waals surface area contributed by atoms with Gasteiger partial charge in [-0.25, -0.2) is 4.68 Å². The number of aryl methyl sites for hydroxylation is 1. The fourth-order valence-electron chi connectivity index (χ4n) is 3.54. The van der Waals surface area contributed by atoms with Crippen LogP contribution >= 0.6 is 0 Å². The van der Waals surface area contributed by atoms with Gasteiger partial charge in [-0.1, -0.05) is 37.8 Å². The van der Waals surface area contributed by atoms with Gasteiger partial charge >= 0.3 is 0 Å². The molecule has 0 aliphatic heterocycles. The maximum atomic E-state index is 6.71. The first-order chi connectivity index (χ1) is 9.62. The molecule has 1 fully saturated rings. The largest absolute Gasteiger partial charge is 0.321 e. The average molecular weight is 279 g/mol. The number of likely N-dealkylation sites (N-methyl/N-ethyl adjacent to an activating group) is 1. The van der Waals surface area contributed by atoms with Gasteiger partial charge in [0, 0.05) is 12.1 Å². The van der Waals surface area contributed by atoms with E-state index in [0.29, 0.717) is 0 Å². The maximum Gasteiger partial charge on any atom is 0.0773 e. The molecule has 1 unspecified atom stereocenters. The molecule has 1 saturated carbocycles. The molecule has 2 rings (SSSR count). The van der Waals surface area contributed by atoms with Gasteiger partial charge in [0.25, 0.3) is 0 Å². The van der Waals surface area contributed by atoms with Crippen molar-refractivity contribution in [2.24, 2.45) is 5.73 Å². The van der Waals surface area contributed by atoms with Crippen molar-refractivity contribution in [2.75, 3.05) is 14.1 Å². The Kier molecular flexibility index (Phi) is 5.16. The van der Waals surface area contributed by atoms with Crippen molar-refractivity contribution in [2.45, 2.75) is 70.0 Å². The quantitative estimate of drug-likeness (QED) is 0.840. The normalized spacial score (nSPS) is 20.9. The van der Waals surface area contributed by atoms with Crippen LogP contribution in [0.1, 0.15) is 63.6 Å². The Balaban J connectivity index is 2.30. The van der Waals surface area contributed by atoms with Crippen LogP contribution in [0.4, 0.5) is 0 Å². The third-order valence-corrected chi connectivity index (χ3v) is 4.84. The van der Waals surface area contributed by atoms with Crippen LogP contribution in [-0.2, 0) is 6.54 Å². The number of nitrogens with zero attached hydrogens (tertiary/aromatic N) is 4. The van der Waals surface area contributed by atoms with Crippen molar-refractivity contribution in [1.29, 1.82) is 0 Å². The molecule has 1 aliphatic carbocycles. The van der Waals surface area contributed by atoms with Gasteiger partial charge in [-0.3, -0.25) is 0 Å². The molecule has 0 aromatic carbocycles. The minimum atomic E-state index is -0.0165. The second-order valence-electron chi connectivity index (χ2n) is 6.27. The van der Waals surface area contributed by atoms with E-state index >= 15 is 0 Å². The molecule has 0 radical (unpaired) electrons. The molecule has 5 nitrogen and oxygen atoms in total. The predicted octanol–water partition coefficient (Wildman–Crippen LogP) is 2.34. The minimum Gasteiger partial charge on any atom is -0.321 e. The van der Waals surface area contributed by atoms with E-state index in [-0.39, 0.29) is 11.6 Å². The Hall–Kier alpha value is -0.940. The van der Waals surface area contributed by atoms with Crippen LogP contribution in [0.2, 0.25) is 0 Å². The Morgan fingerprint density at radius 2 is 1.95 bits per heavy atom. The number of aromatic nitrogens is 3. The van der Waals surface area contributed by atoms with E-state index in [1.54, 1.807) is 0 Å². The summed E-state index contributed by atoms with van der Waals surface area (Å²) in [6, 6.07) is -0.0165. The van der Waals surface area contributed by atoms with Crippen LogP contribution in [-0.4, -0.2) is 39.5 Å². The summed E-state index contributed by atoms with van der Waals surface area (Å²) in [7, 11) is 4.33. The van der Waals surface area contributed by atoms with E-state index in [1.165, 1.54) is 38.5 Å². The van der Waals surface area contributed by atoms with Gasteiger partial charge in [-0.05, 0) is 33.4 Å². The van der Waals surface area contributed by atoms with Crippen LogP contribution in [0.5, 0.6) is 0 Å². The highest BCUT2D eigenvalue weighted by molar-refractivity contribution is 5.12. The summed E-state index contributed by atoms with van der Waals surface area (Å²) in [6.45, 7) is 3.05. The smallest absolute Gasteiger partial charge is 0.0773 e. The number of rotatable bonds is 5. The van der Waals surface area contributed by atoms with Gasteiger partial charge in [0.1, 0.15) is 0 Å². The SMILES string of the molecule is CCCn1nncc1C(N)C1(N(C)C)CCCCCC1. The van der Waals surface area contributed by atoms with Crippen LogP contribution in [0.3, 0.4) is 0 Å². The lowest BCUT2D eigenvalue weighted by Crippen LogP contribution is -2.52. The first-order valence-corrected chi connectivity index (χ1v) is 7.93. The Morgan fingerprint density at radius 3 is 2.50 bits per heavy atom. The standard InChI is InChI=1S/C15H29N5/c1-4-11-20-13(12-17-18-20)14(16)15(19(2)3)9-7-5-6-8-10-15/h12,14H,4-11,16H2,1-3H3. The predicted molar refractivity (Wildman–Crippen MR) is 81.4 cm³/mol. The molecule has 0 bridgehead atoms. The lowest BCUT2D eigenvalue weighted by molar-refractivity contribution is 0.0931. The monoisotopic (exact) mass is 279 g/mol. The fourth-order valence-corrected chi connectivity index (χ4v) is 3.54. The fraction of sp³-hybridized carbons (Fsp3) is 0.867. The molecule has 0 saturated heterocycles. The lowest BCUT2D eigenvalue weighted by atomic mass is 9.80. The van der Waals surface area contributed by atoms with E-state index in [4.69, 9.17) is 5.73 Å². The van der Waals surface area contributed by atoms with Crippen molar-refractivity contribution in [1.82, 2.24) is 19.9 Å². The van der Waals surface area contributed by atoms with Crippen LogP contribution in [0.25, 0.3) is 0 Å². The summed E-state index contributed by atoms with van der Waals surface area (Å²) < 4.78 is 1.99. The molecule has 0 amide bonds. The number of hydrogen-bond donors (Lipinski definition) is 1. The van der Waals surface area contributed by atoms with E-state index in [0.717, 1.165) is 18.7 Å². The third-order valence-electron chi connectivity index (χ3n) is 4.84. The van der Waals surface area contributed by atoms with Gasteiger partial charge < -0.3 is 10.6 Å². The van der Waals surface area contributed by atoms with Crippen molar-refractivity contribution >= 4 is 0 Å². The topological polar surface area (TPSA) is 60.0 Å². The molecule has 1 atom stereocenters. The third kappa shape index (κ3) is 2.88. The summed E-state index contributed by atoms with van der Waals surface area (Å²) in [5.74, 6) is 0. The lowest BCUT2D eigenvalue weighted by Gasteiger charge is -2.44. The van der Waals surface area contributed by atoms with Crippen molar-refractivity contribution in [3.8, 4) is 0 Å². The molecule has 20 heavy (non-hydrogen) atoms. The van der Waals surface area contributed by atoms with Crippen LogP contribution in [0.15, 0.2) is 6.20 Å². The van der Waals surface area contributed by atoms with Crippen LogP contribution in [0, 0.1) is 0 Å². The maximum absolute atomic E-state index is 6.71. The molecule has 1 aromatic rings. The molecular formula is C15H29N5. The second kappa shape index (κ2) is 6.68. The van der Waals surface area contributed by atoms with E-state index < -0.39 is 0 Å². The molecule has 2 N–H and O–H groups in total. The Morgan fingerprint density at radius 1 is 1.30 bits per heavy atom. The van der Waals surface area contributed by atoms with Crippen molar-refractivity contribution in [3.63, 3.8) is 0 Å². The highest BCUT2D eigenvalue weighted by Gasteiger charge is 2.41. The molecule has 5 heteroatoms. The number of nitrogens with two attached hydrogens (primary N) is 1. The highest BCUT2D eigenvalue weighted by atomic mass is 15.4. The van der Waals surface area contributed by atoms with Gasteiger partial charge in [0.2, 0.25) is 0 Å². The summed E-state index contributed by atoms with van der Waals surface area (Å²) in [5, 5.41) is 8.29. The van der Waals surface area contributed by atoms with Crippen molar-refractivity contribution in [3.05, 3.63) is 11.9 Å². The summed E-state index contributed by atoms with van der Waals surface area (Å²) >= 11 is 0. The zero-order chi connectivity index (χ0) is 14.6. The highest BCUT2D eigenvalue weighted by Crippen LogP contribution is 2.39. The molecule has 1 aromatic heterocycles. The zero-order valence-electron chi connectivity index (χ0n) is 13.2. The molecular weight excluding hydrogens is 250 g/mol. The molecule has 0 spiro atoms.